The zero-order chi connectivity index (χ0) is 34.8. The summed E-state index contributed by atoms with van der Waals surface area (Å²) in [5, 5.41) is 24.2. The van der Waals surface area contributed by atoms with Crippen LogP contribution in [0.3, 0.4) is 0 Å². The van der Waals surface area contributed by atoms with Crippen LogP contribution < -0.4 is 16.0 Å². The Kier molecular flexibility index (Phi) is 10.8. The maximum atomic E-state index is 14.6. The van der Waals surface area contributed by atoms with Gasteiger partial charge in [-0.1, -0.05) is 82.3 Å². The molecule has 5 atom stereocenters. The van der Waals surface area contributed by atoms with Crippen molar-refractivity contribution in [2.24, 2.45) is 16.5 Å². The predicted molar refractivity (Wildman–Crippen MR) is 179 cm³/mol. The SMILES string of the molecule is CCC[C@H](NC(=O)[C@@H]1CC2C(c3cccc(Cl)c3)=NOC2N1C(=O)[C@@H](NC(=O)CC1(O)CCCCC1)C(C)(C)C)C(=O)C(=O)NC1CC1. The summed E-state index contributed by atoms with van der Waals surface area (Å²) in [5.41, 5.74) is -0.717. The van der Waals surface area contributed by atoms with Crippen LogP contribution in [-0.2, 0) is 28.8 Å². The first-order valence-corrected chi connectivity index (χ1v) is 17.6. The average molecular weight is 686 g/mol. The number of carbonyl (C=O) groups is 5. The molecule has 2 aliphatic heterocycles. The van der Waals surface area contributed by atoms with Crippen molar-refractivity contribution in [1.29, 1.82) is 0 Å². The maximum Gasteiger partial charge on any atom is 0.289 e. The van der Waals surface area contributed by atoms with Crippen LogP contribution in [0.1, 0.15) is 104 Å². The van der Waals surface area contributed by atoms with E-state index in [-0.39, 0.29) is 25.3 Å². The zero-order valence-electron chi connectivity index (χ0n) is 28.2. The van der Waals surface area contributed by atoms with Gasteiger partial charge < -0.3 is 25.9 Å². The summed E-state index contributed by atoms with van der Waals surface area (Å²) in [6.07, 6.45) is 5.11. The highest BCUT2D eigenvalue weighted by atomic mass is 35.5. The molecule has 2 heterocycles. The lowest BCUT2D eigenvalue weighted by Crippen LogP contribution is -2.61. The van der Waals surface area contributed by atoms with Gasteiger partial charge in [-0.25, -0.2) is 0 Å². The standard InChI is InChI=1S/C35H48ClN5O7/c1-5-10-24(28(43)31(45)37-22-13-14-22)38-30(44)25-18-23-27(20-11-9-12-21(36)17-20)40-48-33(23)41(25)32(46)29(34(2,3)4)39-26(42)19-35(47)15-7-6-8-16-35/h9,11-12,17,22-25,29,33,47H,5-8,10,13-16,18-19H2,1-4H3,(H,37,45)(H,38,44)(H,39,42)/t23?,24-,25-,29+,33?/m0/s1. The molecule has 4 N–H and O–H groups in total. The maximum absolute atomic E-state index is 14.6. The van der Waals surface area contributed by atoms with Gasteiger partial charge >= 0.3 is 0 Å². The lowest BCUT2D eigenvalue weighted by Gasteiger charge is -2.38. The van der Waals surface area contributed by atoms with Crippen LogP contribution in [-0.4, -0.2) is 81.1 Å². The quantitative estimate of drug-likeness (QED) is 0.245. The number of fused-ring (bicyclic) bond motifs is 1. The van der Waals surface area contributed by atoms with E-state index in [2.05, 4.69) is 21.1 Å². The summed E-state index contributed by atoms with van der Waals surface area (Å²) in [5.74, 6) is -3.59. The van der Waals surface area contributed by atoms with Crippen LogP contribution in [0, 0.1) is 11.3 Å². The van der Waals surface area contributed by atoms with Gasteiger partial charge in [-0.05, 0) is 56.1 Å². The Morgan fingerprint density at radius 3 is 2.44 bits per heavy atom. The van der Waals surface area contributed by atoms with Gasteiger partial charge in [-0.2, -0.15) is 0 Å². The molecule has 0 spiro atoms. The van der Waals surface area contributed by atoms with E-state index in [0.29, 0.717) is 35.6 Å². The summed E-state index contributed by atoms with van der Waals surface area (Å²) in [6, 6.07) is 3.77. The van der Waals surface area contributed by atoms with E-state index in [0.717, 1.165) is 32.1 Å². The normalized spacial score (nSPS) is 24.4. The Morgan fingerprint density at radius 2 is 1.81 bits per heavy atom. The molecular formula is C35H48ClN5O7. The van der Waals surface area contributed by atoms with E-state index in [1.165, 1.54) is 4.90 Å². The number of likely N-dealkylation sites (tertiary alicyclic amines) is 1. The number of aliphatic hydroxyl groups is 1. The van der Waals surface area contributed by atoms with Gasteiger partial charge in [-0.3, -0.25) is 28.9 Å². The molecule has 262 valence electrons. The van der Waals surface area contributed by atoms with Gasteiger partial charge in [0.15, 0.2) is 0 Å². The van der Waals surface area contributed by atoms with Crippen molar-refractivity contribution in [1.82, 2.24) is 20.9 Å². The first-order chi connectivity index (χ1) is 22.7. The van der Waals surface area contributed by atoms with E-state index in [1.54, 1.807) is 18.2 Å². The minimum Gasteiger partial charge on any atom is -0.389 e. The molecule has 13 heteroatoms. The van der Waals surface area contributed by atoms with Crippen LogP contribution in [0.15, 0.2) is 29.4 Å². The van der Waals surface area contributed by atoms with Gasteiger partial charge in [0.05, 0.1) is 29.7 Å². The number of amides is 4. The van der Waals surface area contributed by atoms with Crippen molar-refractivity contribution in [2.45, 2.75) is 134 Å². The molecule has 0 aromatic heterocycles. The van der Waals surface area contributed by atoms with Crippen LogP contribution in [0.5, 0.6) is 0 Å². The van der Waals surface area contributed by atoms with Gasteiger partial charge in [0.1, 0.15) is 12.1 Å². The third-order valence-corrected chi connectivity index (χ3v) is 9.99. The molecule has 0 radical (unpaired) electrons. The molecule has 0 bridgehead atoms. The Balaban J connectivity index is 1.42. The van der Waals surface area contributed by atoms with Crippen LogP contribution in [0.2, 0.25) is 5.02 Å². The fourth-order valence-corrected chi connectivity index (χ4v) is 7.17. The Bertz CT molecular complexity index is 1450. The first kappa shape index (κ1) is 35.8. The molecule has 4 aliphatic rings. The molecular weight excluding hydrogens is 638 g/mol. The predicted octanol–water partition coefficient (Wildman–Crippen LogP) is 3.37. The number of nitrogens with one attached hydrogen (secondary N) is 3. The third-order valence-electron chi connectivity index (χ3n) is 9.76. The van der Waals surface area contributed by atoms with E-state index in [4.69, 9.17) is 16.4 Å². The van der Waals surface area contributed by atoms with Crippen molar-refractivity contribution >= 4 is 46.7 Å². The molecule has 2 saturated carbocycles. The number of benzene rings is 1. The molecule has 2 unspecified atom stereocenters. The second-order valence-corrected chi connectivity index (χ2v) is 15.3. The molecule has 1 saturated heterocycles. The summed E-state index contributed by atoms with van der Waals surface area (Å²) in [4.78, 5) is 75.1. The monoisotopic (exact) mass is 685 g/mol. The van der Waals surface area contributed by atoms with Gasteiger partial charge in [0.2, 0.25) is 29.7 Å². The number of Topliss-reactive ketones (excluding diaryl/α,β-unsaturated/α-hetero) is 1. The number of ketones is 1. The summed E-state index contributed by atoms with van der Waals surface area (Å²) in [7, 11) is 0. The topological polar surface area (TPSA) is 166 Å². The lowest BCUT2D eigenvalue weighted by atomic mass is 9.81. The second-order valence-electron chi connectivity index (χ2n) is 14.9. The van der Waals surface area contributed by atoms with E-state index >= 15 is 0 Å². The van der Waals surface area contributed by atoms with E-state index < -0.39 is 70.7 Å². The summed E-state index contributed by atoms with van der Waals surface area (Å²) in [6.45, 7) is 7.28. The molecule has 48 heavy (non-hydrogen) atoms. The lowest BCUT2D eigenvalue weighted by molar-refractivity contribution is -0.156. The molecule has 2 aliphatic carbocycles. The zero-order valence-corrected chi connectivity index (χ0v) is 29.0. The second kappa shape index (κ2) is 14.5. The van der Waals surface area contributed by atoms with E-state index in [1.807, 2.05) is 33.8 Å². The smallest absolute Gasteiger partial charge is 0.289 e. The Labute approximate surface area is 286 Å². The Hall–Kier alpha value is -3.51. The number of carbonyl (C=O) groups excluding carboxylic acids is 5. The highest BCUT2D eigenvalue weighted by Gasteiger charge is 2.56. The minimum atomic E-state index is -1.13. The number of rotatable bonds is 12. The van der Waals surface area contributed by atoms with Crippen molar-refractivity contribution in [3.8, 4) is 0 Å². The van der Waals surface area contributed by atoms with Crippen molar-refractivity contribution < 1.29 is 33.9 Å². The molecule has 3 fully saturated rings. The number of nitrogens with zero attached hydrogens (tertiary/aromatic N) is 2. The largest absolute Gasteiger partial charge is 0.389 e. The fraction of sp³-hybridized carbons (Fsp3) is 0.657. The highest BCUT2D eigenvalue weighted by Crippen LogP contribution is 2.40. The molecule has 1 aromatic rings. The molecule has 5 rings (SSSR count). The minimum absolute atomic E-state index is 0.0218. The average Bonchev–Trinajstić information content (AvgIpc) is 3.61. The summed E-state index contributed by atoms with van der Waals surface area (Å²) >= 11 is 6.27. The van der Waals surface area contributed by atoms with Crippen LogP contribution >= 0.6 is 11.6 Å². The number of halogens is 1. The fourth-order valence-electron chi connectivity index (χ4n) is 6.98. The van der Waals surface area contributed by atoms with Gasteiger partial charge in [-0.15, -0.1) is 0 Å². The van der Waals surface area contributed by atoms with Crippen molar-refractivity contribution in [3.05, 3.63) is 34.9 Å². The number of hydrogen-bond acceptors (Lipinski definition) is 8. The van der Waals surface area contributed by atoms with Crippen molar-refractivity contribution in [3.63, 3.8) is 0 Å². The molecule has 4 amide bonds. The van der Waals surface area contributed by atoms with Gasteiger partial charge in [0.25, 0.3) is 5.91 Å². The Morgan fingerprint density at radius 1 is 1.10 bits per heavy atom. The third kappa shape index (κ3) is 8.19. The number of hydrogen-bond donors (Lipinski definition) is 4. The summed E-state index contributed by atoms with van der Waals surface area (Å²) < 4.78 is 0. The van der Waals surface area contributed by atoms with Crippen LogP contribution in [0.4, 0.5) is 0 Å². The van der Waals surface area contributed by atoms with Gasteiger partial charge in [0, 0.05) is 16.6 Å². The van der Waals surface area contributed by atoms with E-state index in [9.17, 15) is 29.1 Å². The van der Waals surface area contributed by atoms with Crippen LogP contribution in [0.25, 0.3) is 0 Å². The highest BCUT2D eigenvalue weighted by molar-refractivity contribution is 6.38. The first-order valence-electron chi connectivity index (χ1n) is 17.2. The molecule has 1 aromatic carbocycles. The molecule has 12 nitrogen and oxygen atoms in total. The van der Waals surface area contributed by atoms with Crippen molar-refractivity contribution in [2.75, 3.05) is 0 Å². The number of oxime groups is 1.